The second-order valence-corrected chi connectivity index (χ2v) is 6.34. The third-order valence-corrected chi connectivity index (χ3v) is 4.23. The van der Waals surface area contributed by atoms with E-state index in [1.165, 1.54) is 51.5 Å². The van der Waals surface area contributed by atoms with E-state index in [9.17, 15) is 0 Å². The highest BCUT2D eigenvalue weighted by Crippen LogP contribution is 2.20. The summed E-state index contributed by atoms with van der Waals surface area (Å²) in [6.45, 7) is 3.47. The maximum Gasteiger partial charge on any atom is 0.00486 e. The lowest BCUT2D eigenvalue weighted by atomic mass is 10.1. The zero-order chi connectivity index (χ0) is 12.5. The van der Waals surface area contributed by atoms with Gasteiger partial charge in [0.05, 0.1) is 0 Å². The minimum absolute atomic E-state index is 1.20. The molecule has 0 N–H and O–H groups in total. The van der Waals surface area contributed by atoms with Crippen molar-refractivity contribution in [2.24, 2.45) is 0 Å². The SMILES string of the molecule is CCCCCCc1ccc(CCCN(C)C)s1. The maximum atomic E-state index is 2.33. The summed E-state index contributed by atoms with van der Waals surface area (Å²) >= 11 is 2.02. The molecule has 17 heavy (non-hydrogen) atoms. The van der Waals surface area contributed by atoms with Crippen LogP contribution in [0.15, 0.2) is 12.1 Å². The summed E-state index contributed by atoms with van der Waals surface area (Å²) in [5.74, 6) is 0. The minimum atomic E-state index is 1.20. The molecule has 2 heteroatoms. The number of aryl methyl sites for hydroxylation is 2. The molecule has 0 bridgehead atoms. The third kappa shape index (κ3) is 6.85. The zero-order valence-electron chi connectivity index (χ0n) is 11.7. The van der Waals surface area contributed by atoms with Crippen LogP contribution in [0, 0.1) is 0 Å². The summed E-state index contributed by atoms with van der Waals surface area (Å²) in [5, 5.41) is 0. The van der Waals surface area contributed by atoms with Crippen molar-refractivity contribution in [2.45, 2.75) is 51.9 Å². The van der Waals surface area contributed by atoms with Crippen LogP contribution in [-0.4, -0.2) is 25.5 Å². The van der Waals surface area contributed by atoms with E-state index in [0.717, 1.165) is 0 Å². The van der Waals surface area contributed by atoms with Gasteiger partial charge in [-0.3, -0.25) is 0 Å². The molecule has 0 unspecified atom stereocenters. The highest BCUT2D eigenvalue weighted by atomic mass is 32.1. The molecule has 0 radical (unpaired) electrons. The van der Waals surface area contributed by atoms with E-state index in [4.69, 9.17) is 0 Å². The van der Waals surface area contributed by atoms with E-state index in [1.54, 1.807) is 9.75 Å². The molecule has 0 saturated heterocycles. The number of hydrogen-bond acceptors (Lipinski definition) is 2. The van der Waals surface area contributed by atoms with Gasteiger partial charge in [0.25, 0.3) is 0 Å². The van der Waals surface area contributed by atoms with Crippen molar-refractivity contribution in [3.05, 3.63) is 21.9 Å². The van der Waals surface area contributed by atoms with Crippen molar-refractivity contribution >= 4 is 11.3 Å². The predicted molar refractivity (Wildman–Crippen MR) is 79.0 cm³/mol. The van der Waals surface area contributed by atoms with Gasteiger partial charge in [0, 0.05) is 9.75 Å². The lowest BCUT2D eigenvalue weighted by molar-refractivity contribution is 0.401. The zero-order valence-corrected chi connectivity index (χ0v) is 12.5. The van der Waals surface area contributed by atoms with Crippen LogP contribution >= 0.6 is 11.3 Å². The monoisotopic (exact) mass is 253 g/mol. The van der Waals surface area contributed by atoms with Crippen molar-refractivity contribution in [2.75, 3.05) is 20.6 Å². The first-order chi connectivity index (χ1) is 8.22. The van der Waals surface area contributed by atoms with E-state index in [1.807, 2.05) is 11.3 Å². The highest BCUT2D eigenvalue weighted by Gasteiger charge is 2.01. The van der Waals surface area contributed by atoms with Gasteiger partial charge in [0.2, 0.25) is 0 Å². The van der Waals surface area contributed by atoms with Crippen LogP contribution in [0.2, 0.25) is 0 Å². The number of rotatable bonds is 9. The number of hydrogen-bond donors (Lipinski definition) is 0. The first-order valence-electron chi connectivity index (χ1n) is 6.94. The van der Waals surface area contributed by atoms with Crippen LogP contribution in [0.4, 0.5) is 0 Å². The van der Waals surface area contributed by atoms with Gasteiger partial charge in [-0.1, -0.05) is 26.2 Å². The van der Waals surface area contributed by atoms with Gasteiger partial charge in [-0.25, -0.2) is 0 Å². The molecule has 0 saturated carbocycles. The molecule has 1 aromatic rings. The summed E-state index contributed by atoms with van der Waals surface area (Å²) in [6, 6.07) is 4.66. The third-order valence-electron chi connectivity index (χ3n) is 3.02. The Balaban J connectivity index is 2.18. The van der Waals surface area contributed by atoms with Crippen LogP contribution in [0.3, 0.4) is 0 Å². The van der Waals surface area contributed by atoms with Gasteiger partial charge in [-0.2, -0.15) is 0 Å². The van der Waals surface area contributed by atoms with E-state index in [-0.39, 0.29) is 0 Å². The van der Waals surface area contributed by atoms with E-state index in [0.29, 0.717) is 0 Å². The summed E-state index contributed by atoms with van der Waals surface area (Å²) in [5.41, 5.74) is 0. The number of thiophene rings is 1. The molecule has 0 aliphatic carbocycles. The Morgan fingerprint density at radius 3 is 2.18 bits per heavy atom. The second-order valence-electron chi connectivity index (χ2n) is 5.09. The van der Waals surface area contributed by atoms with Crippen molar-refractivity contribution in [3.63, 3.8) is 0 Å². The Labute approximate surface area is 111 Å². The Kier molecular flexibility index (Phi) is 7.54. The van der Waals surface area contributed by atoms with Crippen molar-refractivity contribution in [1.29, 1.82) is 0 Å². The topological polar surface area (TPSA) is 3.24 Å². The summed E-state index contributed by atoms with van der Waals surface area (Å²) in [7, 11) is 4.29. The van der Waals surface area contributed by atoms with Gasteiger partial charge in [-0.15, -0.1) is 11.3 Å². The van der Waals surface area contributed by atoms with E-state index in [2.05, 4.69) is 38.1 Å². The highest BCUT2D eigenvalue weighted by molar-refractivity contribution is 7.11. The molecule has 0 spiro atoms. The largest absolute Gasteiger partial charge is 0.309 e. The smallest absolute Gasteiger partial charge is 0.00486 e. The van der Waals surface area contributed by atoms with E-state index < -0.39 is 0 Å². The molecular weight excluding hydrogens is 226 g/mol. The fourth-order valence-electron chi connectivity index (χ4n) is 1.99. The molecule has 0 atom stereocenters. The van der Waals surface area contributed by atoms with Gasteiger partial charge in [0.15, 0.2) is 0 Å². The fourth-order valence-corrected chi connectivity index (χ4v) is 3.09. The summed E-state index contributed by atoms with van der Waals surface area (Å²) in [6.07, 6.45) is 9.30. The molecule has 0 aliphatic rings. The van der Waals surface area contributed by atoms with Crippen LogP contribution in [-0.2, 0) is 12.8 Å². The lowest BCUT2D eigenvalue weighted by Crippen LogP contribution is -2.13. The minimum Gasteiger partial charge on any atom is -0.309 e. The second kappa shape index (κ2) is 8.71. The standard InChI is InChI=1S/C15H27NS/c1-4-5-6-7-9-14-11-12-15(17-14)10-8-13-16(2)3/h11-12H,4-10,13H2,1-3H3. The number of nitrogens with zero attached hydrogens (tertiary/aromatic N) is 1. The fraction of sp³-hybridized carbons (Fsp3) is 0.733. The molecular formula is C15H27NS. The van der Waals surface area contributed by atoms with Crippen LogP contribution in [0.5, 0.6) is 0 Å². The average Bonchev–Trinajstić information content (AvgIpc) is 2.72. The van der Waals surface area contributed by atoms with Gasteiger partial charge in [-0.05, 0) is 58.5 Å². The Morgan fingerprint density at radius 2 is 1.59 bits per heavy atom. The molecule has 0 aromatic carbocycles. The van der Waals surface area contributed by atoms with Gasteiger partial charge in [0.1, 0.15) is 0 Å². The average molecular weight is 253 g/mol. The van der Waals surface area contributed by atoms with Crippen LogP contribution < -0.4 is 0 Å². The molecule has 1 aromatic heterocycles. The van der Waals surface area contributed by atoms with Crippen LogP contribution in [0.1, 0.15) is 48.8 Å². The Hall–Kier alpha value is -0.340. The van der Waals surface area contributed by atoms with Gasteiger partial charge < -0.3 is 4.90 Å². The maximum absolute atomic E-state index is 2.33. The lowest BCUT2D eigenvalue weighted by Gasteiger charge is -2.07. The van der Waals surface area contributed by atoms with E-state index >= 15 is 0 Å². The van der Waals surface area contributed by atoms with Crippen molar-refractivity contribution < 1.29 is 0 Å². The molecule has 98 valence electrons. The normalized spacial score (nSPS) is 11.3. The molecule has 1 nitrogen and oxygen atoms in total. The molecule has 0 aliphatic heterocycles. The van der Waals surface area contributed by atoms with Crippen molar-refractivity contribution in [3.8, 4) is 0 Å². The molecule has 0 fully saturated rings. The molecule has 0 amide bonds. The number of unbranched alkanes of at least 4 members (excludes halogenated alkanes) is 3. The summed E-state index contributed by atoms with van der Waals surface area (Å²) in [4.78, 5) is 5.41. The Morgan fingerprint density at radius 1 is 0.941 bits per heavy atom. The van der Waals surface area contributed by atoms with Crippen molar-refractivity contribution in [1.82, 2.24) is 4.90 Å². The first-order valence-corrected chi connectivity index (χ1v) is 7.76. The predicted octanol–water partition coefficient (Wildman–Crippen LogP) is 4.37. The summed E-state index contributed by atoms with van der Waals surface area (Å²) < 4.78 is 0. The molecule has 1 rings (SSSR count). The molecule has 1 heterocycles. The first kappa shape index (κ1) is 14.7. The van der Waals surface area contributed by atoms with Gasteiger partial charge >= 0.3 is 0 Å². The Bertz CT molecular complexity index is 291. The quantitative estimate of drug-likeness (QED) is 0.591. The van der Waals surface area contributed by atoms with Crippen LogP contribution in [0.25, 0.3) is 0 Å².